The Labute approximate surface area is 171 Å². The van der Waals surface area contributed by atoms with Crippen LogP contribution in [-0.4, -0.2) is 40.9 Å². The van der Waals surface area contributed by atoms with E-state index in [1.807, 2.05) is 6.92 Å². The quantitative estimate of drug-likeness (QED) is 0.681. The third-order valence-corrected chi connectivity index (χ3v) is 4.18. The summed E-state index contributed by atoms with van der Waals surface area (Å²) in [6, 6.07) is 9.97. The van der Waals surface area contributed by atoms with Gasteiger partial charge in [0.25, 0.3) is 11.8 Å². The summed E-state index contributed by atoms with van der Waals surface area (Å²) >= 11 is 0. The average Bonchev–Trinajstić information content (AvgIpc) is 2.70. The van der Waals surface area contributed by atoms with Crippen LogP contribution in [0.4, 0.5) is 13.2 Å². The molecular weight excluding hydrogens is 401 g/mol. The Morgan fingerprint density at radius 2 is 1.67 bits per heavy atom. The number of halogens is 3. The Bertz CT molecular complexity index is 911. The first-order valence-electron chi connectivity index (χ1n) is 9.17. The van der Waals surface area contributed by atoms with E-state index in [1.54, 1.807) is 0 Å². The SMILES string of the molecule is CCCNC(=O)c1cccc(C(=O)N(CC(=O)O)Cc2ccc(C(F)(F)F)cc2)c1. The molecule has 2 aromatic carbocycles. The Morgan fingerprint density at radius 1 is 1.03 bits per heavy atom. The number of carboxylic acids is 1. The predicted molar refractivity (Wildman–Crippen MR) is 103 cm³/mol. The Balaban J connectivity index is 2.23. The molecule has 0 aliphatic heterocycles. The predicted octanol–water partition coefficient (Wildman–Crippen LogP) is 3.57. The van der Waals surface area contributed by atoms with Gasteiger partial charge in [-0.25, -0.2) is 0 Å². The van der Waals surface area contributed by atoms with Gasteiger partial charge in [-0.2, -0.15) is 13.2 Å². The van der Waals surface area contributed by atoms with Crippen molar-refractivity contribution in [2.24, 2.45) is 0 Å². The summed E-state index contributed by atoms with van der Waals surface area (Å²) in [7, 11) is 0. The van der Waals surface area contributed by atoms with Gasteiger partial charge in [0, 0.05) is 24.2 Å². The minimum Gasteiger partial charge on any atom is -0.480 e. The number of benzene rings is 2. The summed E-state index contributed by atoms with van der Waals surface area (Å²) in [5.41, 5.74) is -0.144. The Kier molecular flexibility index (Phi) is 7.57. The number of aliphatic carboxylic acids is 1. The second-order valence-corrected chi connectivity index (χ2v) is 6.59. The van der Waals surface area contributed by atoms with E-state index >= 15 is 0 Å². The maximum absolute atomic E-state index is 12.9. The van der Waals surface area contributed by atoms with Gasteiger partial charge >= 0.3 is 12.1 Å². The number of alkyl halides is 3. The van der Waals surface area contributed by atoms with Crippen LogP contribution in [0.15, 0.2) is 48.5 Å². The fourth-order valence-electron chi connectivity index (χ4n) is 2.70. The smallest absolute Gasteiger partial charge is 0.416 e. The topological polar surface area (TPSA) is 86.7 Å². The first kappa shape index (κ1) is 22.9. The van der Waals surface area contributed by atoms with Gasteiger partial charge in [-0.3, -0.25) is 14.4 Å². The lowest BCUT2D eigenvalue weighted by Gasteiger charge is -2.21. The highest BCUT2D eigenvalue weighted by Gasteiger charge is 2.30. The summed E-state index contributed by atoms with van der Waals surface area (Å²) < 4.78 is 38.1. The van der Waals surface area contributed by atoms with Crippen molar-refractivity contribution >= 4 is 17.8 Å². The molecule has 2 aromatic rings. The molecule has 9 heteroatoms. The highest BCUT2D eigenvalue weighted by Crippen LogP contribution is 2.29. The van der Waals surface area contributed by atoms with E-state index in [0.717, 1.165) is 23.5 Å². The van der Waals surface area contributed by atoms with Crippen LogP contribution in [0.5, 0.6) is 0 Å². The van der Waals surface area contributed by atoms with Gasteiger partial charge in [0.1, 0.15) is 6.54 Å². The van der Waals surface area contributed by atoms with Crippen LogP contribution in [0.1, 0.15) is 45.2 Å². The number of carbonyl (C=O) groups excluding carboxylic acids is 2. The van der Waals surface area contributed by atoms with Crippen molar-refractivity contribution in [3.05, 3.63) is 70.8 Å². The number of hydrogen-bond donors (Lipinski definition) is 2. The third kappa shape index (κ3) is 6.33. The number of amides is 2. The summed E-state index contributed by atoms with van der Waals surface area (Å²) in [6.45, 7) is 1.52. The van der Waals surface area contributed by atoms with Gasteiger partial charge in [0.15, 0.2) is 0 Å². The molecule has 0 aromatic heterocycles. The van der Waals surface area contributed by atoms with E-state index in [-0.39, 0.29) is 23.6 Å². The van der Waals surface area contributed by atoms with Crippen molar-refractivity contribution in [2.45, 2.75) is 26.1 Å². The monoisotopic (exact) mass is 422 g/mol. The van der Waals surface area contributed by atoms with Crippen molar-refractivity contribution in [1.82, 2.24) is 10.2 Å². The van der Waals surface area contributed by atoms with Gasteiger partial charge < -0.3 is 15.3 Å². The van der Waals surface area contributed by atoms with Gasteiger partial charge in [0.2, 0.25) is 0 Å². The van der Waals surface area contributed by atoms with Crippen LogP contribution in [0.2, 0.25) is 0 Å². The molecule has 0 aliphatic carbocycles. The van der Waals surface area contributed by atoms with E-state index in [0.29, 0.717) is 12.1 Å². The standard InChI is InChI=1S/C21H21F3N2O4/c1-2-10-25-19(29)15-4-3-5-16(11-15)20(30)26(13-18(27)28)12-14-6-8-17(9-7-14)21(22,23)24/h3-9,11H,2,10,12-13H2,1H3,(H,25,29)(H,27,28). The van der Waals surface area contributed by atoms with E-state index in [4.69, 9.17) is 5.11 Å². The molecule has 0 unspecified atom stereocenters. The number of hydrogen-bond acceptors (Lipinski definition) is 3. The molecule has 0 fully saturated rings. The fraction of sp³-hybridized carbons (Fsp3) is 0.286. The summed E-state index contributed by atoms with van der Waals surface area (Å²) in [5.74, 6) is -2.28. The van der Waals surface area contributed by atoms with Crippen molar-refractivity contribution in [3.63, 3.8) is 0 Å². The molecule has 0 saturated carbocycles. The summed E-state index contributed by atoms with van der Waals surface area (Å²) in [5, 5.41) is 11.8. The lowest BCUT2D eigenvalue weighted by atomic mass is 10.1. The van der Waals surface area contributed by atoms with E-state index in [2.05, 4.69) is 5.32 Å². The van der Waals surface area contributed by atoms with Crippen molar-refractivity contribution in [1.29, 1.82) is 0 Å². The molecule has 2 rings (SSSR count). The second-order valence-electron chi connectivity index (χ2n) is 6.59. The molecule has 2 amide bonds. The van der Waals surface area contributed by atoms with Crippen LogP contribution >= 0.6 is 0 Å². The molecule has 30 heavy (non-hydrogen) atoms. The Morgan fingerprint density at radius 3 is 2.23 bits per heavy atom. The number of carbonyl (C=O) groups is 3. The fourth-order valence-corrected chi connectivity index (χ4v) is 2.70. The van der Waals surface area contributed by atoms with Crippen LogP contribution in [0.3, 0.4) is 0 Å². The van der Waals surface area contributed by atoms with Gasteiger partial charge in [-0.15, -0.1) is 0 Å². The molecule has 0 aliphatic rings. The zero-order valence-electron chi connectivity index (χ0n) is 16.2. The van der Waals surface area contributed by atoms with Crippen LogP contribution in [0.25, 0.3) is 0 Å². The van der Waals surface area contributed by atoms with Crippen molar-refractivity contribution < 1.29 is 32.7 Å². The molecule has 6 nitrogen and oxygen atoms in total. The molecule has 0 spiro atoms. The molecule has 0 heterocycles. The third-order valence-electron chi connectivity index (χ3n) is 4.18. The molecule has 0 atom stereocenters. The van der Waals surface area contributed by atoms with E-state index < -0.39 is 30.2 Å². The number of nitrogens with zero attached hydrogens (tertiary/aromatic N) is 1. The zero-order chi connectivity index (χ0) is 22.3. The summed E-state index contributed by atoms with van der Waals surface area (Å²) in [6.07, 6.45) is -3.75. The molecule has 0 saturated heterocycles. The highest BCUT2D eigenvalue weighted by molar-refractivity contribution is 6.00. The zero-order valence-corrected chi connectivity index (χ0v) is 16.2. The number of nitrogens with one attached hydrogen (secondary N) is 1. The van der Waals surface area contributed by atoms with Gasteiger partial charge in [-0.1, -0.05) is 25.1 Å². The molecule has 160 valence electrons. The number of rotatable bonds is 8. The van der Waals surface area contributed by atoms with E-state index in [9.17, 15) is 27.6 Å². The lowest BCUT2D eigenvalue weighted by Crippen LogP contribution is -2.35. The van der Waals surface area contributed by atoms with E-state index in [1.165, 1.54) is 36.4 Å². The minimum absolute atomic E-state index is 0.104. The molecule has 0 radical (unpaired) electrons. The lowest BCUT2D eigenvalue weighted by molar-refractivity contribution is -0.138. The average molecular weight is 422 g/mol. The molecule has 0 bridgehead atoms. The maximum Gasteiger partial charge on any atom is 0.416 e. The van der Waals surface area contributed by atoms with Crippen LogP contribution in [-0.2, 0) is 17.5 Å². The van der Waals surface area contributed by atoms with Crippen molar-refractivity contribution in [2.75, 3.05) is 13.1 Å². The van der Waals surface area contributed by atoms with Gasteiger partial charge in [0.05, 0.1) is 5.56 Å². The minimum atomic E-state index is -4.49. The Hall–Kier alpha value is -3.36. The molecule has 2 N–H and O–H groups in total. The largest absolute Gasteiger partial charge is 0.480 e. The molecular formula is C21H21F3N2O4. The normalized spacial score (nSPS) is 11.1. The second kappa shape index (κ2) is 9.91. The first-order valence-corrected chi connectivity index (χ1v) is 9.17. The highest BCUT2D eigenvalue weighted by atomic mass is 19.4. The number of carboxylic acid groups (broad SMARTS) is 1. The van der Waals surface area contributed by atoms with Crippen LogP contribution in [0, 0.1) is 0 Å². The van der Waals surface area contributed by atoms with Crippen molar-refractivity contribution in [3.8, 4) is 0 Å². The van der Waals surface area contributed by atoms with Crippen LogP contribution < -0.4 is 5.32 Å². The summed E-state index contributed by atoms with van der Waals surface area (Å²) in [4.78, 5) is 37.2. The first-order chi connectivity index (χ1) is 14.1. The maximum atomic E-state index is 12.9. The van der Waals surface area contributed by atoms with Gasteiger partial charge in [-0.05, 0) is 42.3 Å².